The van der Waals surface area contributed by atoms with Crippen LogP contribution in [0, 0.1) is 5.92 Å². The van der Waals surface area contributed by atoms with E-state index in [1.807, 2.05) is 13.8 Å². The predicted octanol–water partition coefficient (Wildman–Crippen LogP) is 4.08. The number of rotatable bonds is 6. The average Bonchev–Trinajstić information content (AvgIpc) is 2.46. The quantitative estimate of drug-likeness (QED) is 0.804. The van der Waals surface area contributed by atoms with E-state index in [-0.39, 0.29) is 30.3 Å². The highest BCUT2D eigenvalue weighted by atomic mass is 19.4. The zero-order chi connectivity index (χ0) is 17.9. The first-order valence-electron chi connectivity index (χ1n) is 7.73. The summed E-state index contributed by atoms with van der Waals surface area (Å²) in [5, 5.41) is 10.4. The fourth-order valence-electron chi connectivity index (χ4n) is 2.45. The van der Waals surface area contributed by atoms with E-state index >= 15 is 0 Å². The van der Waals surface area contributed by atoms with Crippen molar-refractivity contribution in [1.82, 2.24) is 4.57 Å². The Morgan fingerprint density at radius 1 is 1.25 bits per heavy atom. The topological polar surface area (TPSA) is 51.5 Å². The predicted molar refractivity (Wildman–Crippen MR) is 85.5 cm³/mol. The molecule has 24 heavy (non-hydrogen) atoms. The summed E-state index contributed by atoms with van der Waals surface area (Å²) in [4.78, 5) is 12.5. The van der Waals surface area contributed by atoms with Crippen LogP contribution in [0.3, 0.4) is 0 Å². The van der Waals surface area contributed by atoms with Gasteiger partial charge in [-0.2, -0.15) is 13.2 Å². The molecule has 0 spiro atoms. The van der Waals surface area contributed by atoms with E-state index in [1.165, 1.54) is 29.0 Å². The summed E-state index contributed by atoms with van der Waals surface area (Å²) >= 11 is 0. The van der Waals surface area contributed by atoms with Crippen molar-refractivity contribution in [3.63, 3.8) is 0 Å². The second-order valence-electron chi connectivity index (χ2n) is 6.14. The Bertz CT molecular complexity index is 766. The number of nitrogens with zero attached hydrogens (tertiary/aromatic N) is 1. The lowest BCUT2D eigenvalue weighted by atomic mass is 10.1. The largest absolute Gasteiger partial charge is 0.508 e. The maximum Gasteiger partial charge on any atom is 0.389 e. The third-order valence-corrected chi connectivity index (χ3v) is 3.46. The SMILES string of the molecule is CC(C)Cn1cc(OCCCC(F)(F)F)c2cc(O)ccc2c1=O. The molecule has 7 heteroatoms. The van der Waals surface area contributed by atoms with Crippen molar-refractivity contribution in [2.75, 3.05) is 6.61 Å². The summed E-state index contributed by atoms with van der Waals surface area (Å²) < 4.78 is 43.6. The Morgan fingerprint density at radius 3 is 2.58 bits per heavy atom. The van der Waals surface area contributed by atoms with Crippen molar-refractivity contribution in [2.24, 2.45) is 5.92 Å². The van der Waals surface area contributed by atoms with E-state index in [0.717, 1.165) is 0 Å². The van der Waals surface area contributed by atoms with Gasteiger partial charge in [0.25, 0.3) is 5.56 Å². The molecule has 0 unspecified atom stereocenters. The summed E-state index contributed by atoms with van der Waals surface area (Å²) in [6.07, 6.45) is -3.83. The summed E-state index contributed by atoms with van der Waals surface area (Å²) in [6, 6.07) is 4.28. The van der Waals surface area contributed by atoms with E-state index in [1.54, 1.807) is 0 Å². The third kappa shape index (κ3) is 4.66. The molecule has 4 nitrogen and oxygen atoms in total. The van der Waals surface area contributed by atoms with Gasteiger partial charge >= 0.3 is 6.18 Å². The standard InChI is InChI=1S/C17H20F3NO3/c1-11(2)9-21-10-15(24-7-3-6-17(18,19)20)14-8-12(22)4-5-13(14)16(21)23/h4-5,8,10-11,22H,3,6-7,9H2,1-2H3. The monoisotopic (exact) mass is 343 g/mol. The van der Waals surface area contributed by atoms with Gasteiger partial charge in [0.1, 0.15) is 11.5 Å². The average molecular weight is 343 g/mol. The second kappa shape index (κ2) is 7.15. The first-order chi connectivity index (χ1) is 11.2. The minimum atomic E-state index is -4.22. The minimum absolute atomic E-state index is 0.0383. The number of halogens is 3. The van der Waals surface area contributed by atoms with Crippen LogP contribution in [0.5, 0.6) is 11.5 Å². The molecule has 0 saturated heterocycles. The van der Waals surface area contributed by atoms with Crippen LogP contribution in [-0.2, 0) is 6.54 Å². The highest BCUT2D eigenvalue weighted by molar-refractivity contribution is 5.88. The minimum Gasteiger partial charge on any atom is -0.508 e. The normalized spacial score (nSPS) is 12.1. The van der Waals surface area contributed by atoms with Gasteiger partial charge in [0.15, 0.2) is 0 Å². The molecule has 1 aromatic heterocycles. The zero-order valence-corrected chi connectivity index (χ0v) is 13.6. The molecular formula is C17H20F3NO3. The third-order valence-electron chi connectivity index (χ3n) is 3.46. The number of aromatic nitrogens is 1. The van der Waals surface area contributed by atoms with Gasteiger partial charge < -0.3 is 14.4 Å². The smallest absolute Gasteiger partial charge is 0.389 e. The Labute approximate surface area is 137 Å². The molecule has 0 amide bonds. The zero-order valence-electron chi connectivity index (χ0n) is 13.6. The van der Waals surface area contributed by atoms with Crippen LogP contribution in [0.1, 0.15) is 26.7 Å². The molecule has 0 fully saturated rings. The van der Waals surface area contributed by atoms with Crippen molar-refractivity contribution < 1.29 is 23.0 Å². The van der Waals surface area contributed by atoms with E-state index < -0.39 is 12.6 Å². The van der Waals surface area contributed by atoms with Gasteiger partial charge in [0.05, 0.1) is 12.0 Å². The van der Waals surface area contributed by atoms with Gasteiger partial charge in [0.2, 0.25) is 0 Å². The van der Waals surface area contributed by atoms with Crippen molar-refractivity contribution in [3.8, 4) is 11.5 Å². The fourth-order valence-corrected chi connectivity index (χ4v) is 2.45. The van der Waals surface area contributed by atoms with Gasteiger partial charge in [-0.15, -0.1) is 0 Å². The fraction of sp³-hybridized carbons (Fsp3) is 0.471. The number of alkyl halides is 3. The van der Waals surface area contributed by atoms with Gasteiger partial charge in [-0.05, 0) is 30.5 Å². The highest BCUT2D eigenvalue weighted by Gasteiger charge is 2.26. The molecule has 0 bridgehead atoms. The van der Waals surface area contributed by atoms with E-state index in [9.17, 15) is 23.1 Å². The van der Waals surface area contributed by atoms with Gasteiger partial charge in [-0.3, -0.25) is 4.79 Å². The lowest BCUT2D eigenvalue weighted by Crippen LogP contribution is -2.22. The highest BCUT2D eigenvalue weighted by Crippen LogP contribution is 2.28. The Balaban J connectivity index is 2.33. The number of hydrogen-bond donors (Lipinski definition) is 1. The molecular weight excluding hydrogens is 323 g/mol. The van der Waals surface area contributed by atoms with E-state index in [0.29, 0.717) is 23.1 Å². The Morgan fingerprint density at radius 2 is 1.96 bits per heavy atom. The number of benzene rings is 1. The summed E-state index contributed by atoms with van der Waals surface area (Å²) in [5.41, 5.74) is -0.221. The summed E-state index contributed by atoms with van der Waals surface area (Å²) in [6.45, 7) is 4.26. The van der Waals surface area contributed by atoms with Crippen LogP contribution in [0.15, 0.2) is 29.2 Å². The number of phenols is 1. The number of ether oxygens (including phenoxy) is 1. The first-order valence-corrected chi connectivity index (χ1v) is 7.73. The number of aromatic hydroxyl groups is 1. The van der Waals surface area contributed by atoms with Crippen LogP contribution in [0.25, 0.3) is 10.8 Å². The molecule has 1 aromatic carbocycles. The molecule has 0 aliphatic carbocycles. The first kappa shape index (κ1) is 18.2. The number of pyridine rings is 1. The molecule has 132 valence electrons. The molecule has 0 saturated carbocycles. The van der Waals surface area contributed by atoms with Crippen molar-refractivity contribution in [3.05, 3.63) is 34.7 Å². The Kier molecular flexibility index (Phi) is 5.41. The summed E-state index contributed by atoms with van der Waals surface area (Å²) in [7, 11) is 0. The Hall–Kier alpha value is -2.18. The molecule has 0 aliphatic heterocycles. The van der Waals surface area contributed by atoms with Crippen LogP contribution in [-0.4, -0.2) is 22.5 Å². The van der Waals surface area contributed by atoms with Crippen LogP contribution >= 0.6 is 0 Å². The number of hydrogen-bond acceptors (Lipinski definition) is 3. The molecule has 1 N–H and O–H groups in total. The number of fused-ring (bicyclic) bond motifs is 1. The lowest BCUT2D eigenvalue weighted by Gasteiger charge is -2.15. The molecule has 0 atom stereocenters. The second-order valence-corrected chi connectivity index (χ2v) is 6.14. The molecule has 1 heterocycles. The maximum absolute atomic E-state index is 12.5. The maximum atomic E-state index is 12.5. The number of phenolic OH excluding ortho intramolecular Hbond substituents is 1. The van der Waals surface area contributed by atoms with Crippen molar-refractivity contribution >= 4 is 10.8 Å². The lowest BCUT2D eigenvalue weighted by molar-refractivity contribution is -0.136. The molecule has 2 aromatic rings. The van der Waals surface area contributed by atoms with Crippen LogP contribution < -0.4 is 10.3 Å². The van der Waals surface area contributed by atoms with Crippen LogP contribution in [0.4, 0.5) is 13.2 Å². The van der Waals surface area contributed by atoms with Crippen molar-refractivity contribution in [1.29, 1.82) is 0 Å². The van der Waals surface area contributed by atoms with Crippen LogP contribution in [0.2, 0.25) is 0 Å². The van der Waals surface area contributed by atoms with Gasteiger partial charge in [-0.1, -0.05) is 13.8 Å². The van der Waals surface area contributed by atoms with Gasteiger partial charge in [0, 0.05) is 24.5 Å². The van der Waals surface area contributed by atoms with E-state index in [2.05, 4.69) is 0 Å². The van der Waals surface area contributed by atoms with Crippen molar-refractivity contribution in [2.45, 2.75) is 39.4 Å². The molecule has 0 radical (unpaired) electrons. The van der Waals surface area contributed by atoms with Gasteiger partial charge in [-0.25, -0.2) is 0 Å². The summed E-state index contributed by atoms with van der Waals surface area (Å²) in [5.74, 6) is 0.474. The molecule has 2 rings (SSSR count). The molecule has 0 aliphatic rings. The van der Waals surface area contributed by atoms with E-state index in [4.69, 9.17) is 4.74 Å².